The van der Waals surface area contributed by atoms with Gasteiger partial charge in [-0.1, -0.05) is 18.9 Å². The van der Waals surface area contributed by atoms with Gasteiger partial charge < -0.3 is 4.90 Å². The van der Waals surface area contributed by atoms with Crippen LogP contribution in [0.4, 0.5) is 0 Å². The Hall–Kier alpha value is -0.460. The van der Waals surface area contributed by atoms with Crippen LogP contribution in [0.25, 0.3) is 0 Å². The van der Waals surface area contributed by atoms with Crippen molar-refractivity contribution in [2.75, 3.05) is 13.1 Å². The van der Waals surface area contributed by atoms with Gasteiger partial charge in [-0.3, -0.25) is 0 Å². The van der Waals surface area contributed by atoms with E-state index in [1.54, 1.807) is 5.57 Å². The predicted molar refractivity (Wildman–Crippen MR) is 54.1 cm³/mol. The third kappa shape index (κ3) is 3.29. The fourth-order valence-electron chi connectivity index (χ4n) is 1.82. The van der Waals surface area contributed by atoms with E-state index < -0.39 is 0 Å². The van der Waals surface area contributed by atoms with Crippen LogP contribution in [0.3, 0.4) is 0 Å². The second kappa shape index (κ2) is 5.23. The molecule has 0 atom stereocenters. The molecule has 1 rings (SSSR count). The lowest BCUT2D eigenvalue weighted by Gasteiger charge is -2.25. The van der Waals surface area contributed by atoms with Crippen molar-refractivity contribution in [1.29, 1.82) is 0 Å². The molecule has 70 valence electrons. The van der Waals surface area contributed by atoms with Crippen molar-refractivity contribution >= 4 is 0 Å². The van der Waals surface area contributed by atoms with Crippen LogP contribution in [0.2, 0.25) is 0 Å². The average Bonchev–Trinajstić information content (AvgIpc) is 2.06. The number of nitrogens with zero attached hydrogens (tertiary/aromatic N) is 1. The summed E-state index contributed by atoms with van der Waals surface area (Å²) in [6.45, 7) is 7.05. The molecule has 1 heterocycles. The van der Waals surface area contributed by atoms with Crippen LogP contribution in [0.1, 0.15) is 46.0 Å². The normalized spacial score (nSPS) is 19.8. The molecule has 1 fully saturated rings. The van der Waals surface area contributed by atoms with Crippen LogP contribution >= 0.6 is 0 Å². The van der Waals surface area contributed by atoms with Gasteiger partial charge >= 0.3 is 0 Å². The molecule has 0 aliphatic carbocycles. The van der Waals surface area contributed by atoms with E-state index >= 15 is 0 Å². The summed E-state index contributed by atoms with van der Waals surface area (Å²) < 4.78 is 0. The first-order chi connectivity index (χ1) is 5.83. The smallest absolute Gasteiger partial charge is 0.0172 e. The first kappa shape index (κ1) is 9.63. The Morgan fingerprint density at radius 3 is 2.50 bits per heavy atom. The van der Waals surface area contributed by atoms with Crippen molar-refractivity contribution in [3.8, 4) is 0 Å². The number of piperidine rings is 1. The summed E-state index contributed by atoms with van der Waals surface area (Å²) in [5.41, 5.74) is 1.54. The number of likely N-dealkylation sites (tertiary alicyclic amines) is 1. The van der Waals surface area contributed by atoms with Gasteiger partial charge in [0.15, 0.2) is 0 Å². The molecular weight excluding hydrogens is 146 g/mol. The summed E-state index contributed by atoms with van der Waals surface area (Å²) in [6, 6.07) is 0. The van der Waals surface area contributed by atoms with E-state index in [1.165, 1.54) is 45.2 Å². The molecule has 0 bridgehead atoms. The minimum Gasteiger partial charge on any atom is -0.377 e. The Morgan fingerprint density at radius 2 is 1.92 bits per heavy atom. The highest BCUT2D eigenvalue weighted by Crippen LogP contribution is 2.12. The fourth-order valence-corrected chi connectivity index (χ4v) is 1.82. The van der Waals surface area contributed by atoms with Crippen LogP contribution in [0.15, 0.2) is 11.8 Å². The van der Waals surface area contributed by atoms with Crippen LogP contribution < -0.4 is 0 Å². The molecule has 1 aliphatic rings. The Kier molecular flexibility index (Phi) is 4.20. The first-order valence-corrected chi connectivity index (χ1v) is 5.24. The first-order valence-electron chi connectivity index (χ1n) is 5.24. The summed E-state index contributed by atoms with van der Waals surface area (Å²) >= 11 is 0. The Morgan fingerprint density at radius 1 is 1.25 bits per heavy atom. The molecule has 0 saturated carbocycles. The SMILES string of the molecule is CCCC(C)=CN1CCCCC1. The second-order valence-electron chi connectivity index (χ2n) is 3.82. The maximum absolute atomic E-state index is 2.48. The quantitative estimate of drug-likeness (QED) is 0.624. The average molecular weight is 167 g/mol. The van der Waals surface area contributed by atoms with Gasteiger partial charge in [0.25, 0.3) is 0 Å². The van der Waals surface area contributed by atoms with E-state index in [0.29, 0.717) is 0 Å². The Balaban J connectivity index is 2.31. The molecule has 1 aliphatic heterocycles. The third-order valence-corrected chi connectivity index (χ3v) is 2.44. The van der Waals surface area contributed by atoms with Gasteiger partial charge in [-0.05, 0) is 38.8 Å². The summed E-state index contributed by atoms with van der Waals surface area (Å²) in [7, 11) is 0. The monoisotopic (exact) mass is 167 g/mol. The van der Waals surface area contributed by atoms with Crippen molar-refractivity contribution in [3.63, 3.8) is 0 Å². The van der Waals surface area contributed by atoms with Crippen molar-refractivity contribution in [1.82, 2.24) is 4.90 Å². The van der Waals surface area contributed by atoms with Crippen LogP contribution in [-0.2, 0) is 0 Å². The molecule has 1 heteroatoms. The van der Waals surface area contributed by atoms with E-state index in [4.69, 9.17) is 0 Å². The van der Waals surface area contributed by atoms with E-state index in [1.807, 2.05) is 0 Å². The molecule has 0 unspecified atom stereocenters. The van der Waals surface area contributed by atoms with E-state index in [0.717, 1.165) is 0 Å². The summed E-state index contributed by atoms with van der Waals surface area (Å²) in [5.74, 6) is 0. The van der Waals surface area contributed by atoms with Crippen molar-refractivity contribution in [2.45, 2.75) is 46.0 Å². The molecule has 0 spiro atoms. The number of rotatable bonds is 3. The highest BCUT2D eigenvalue weighted by molar-refractivity contribution is 4.97. The fraction of sp³-hybridized carbons (Fsp3) is 0.818. The summed E-state index contributed by atoms with van der Waals surface area (Å²) in [5, 5.41) is 0. The van der Waals surface area contributed by atoms with Gasteiger partial charge in [0.2, 0.25) is 0 Å². The third-order valence-electron chi connectivity index (χ3n) is 2.44. The molecule has 0 amide bonds. The zero-order valence-electron chi connectivity index (χ0n) is 8.47. The lowest BCUT2D eigenvalue weighted by molar-refractivity contribution is 0.307. The number of hydrogen-bond donors (Lipinski definition) is 0. The summed E-state index contributed by atoms with van der Waals surface area (Å²) in [6.07, 6.45) is 9.10. The molecule has 1 nitrogen and oxygen atoms in total. The van der Waals surface area contributed by atoms with Gasteiger partial charge in [0.05, 0.1) is 0 Å². The lowest BCUT2D eigenvalue weighted by atomic mass is 10.1. The molecule has 0 N–H and O–H groups in total. The zero-order chi connectivity index (χ0) is 8.81. The largest absolute Gasteiger partial charge is 0.377 e. The Labute approximate surface area is 76.5 Å². The maximum Gasteiger partial charge on any atom is 0.0172 e. The van der Waals surface area contributed by atoms with Gasteiger partial charge in [-0.15, -0.1) is 0 Å². The minimum absolute atomic E-state index is 1.26. The number of allylic oxidation sites excluding steroid dienone is 1. The Bertz CT molecular complexity index is 143. The number of hydrogen-bond acceptors (Lipinski definition) is 1. The van der Waals surface area contributed by atoms with Crippen LogP contribution in [-0.4, -0.2) is 18.0 Å². The molecule has 0 radical (unpaired) electrons. The maximum atomic E-state index is 2.48. The molecular formula is C11H21N. The summed E-state index contributed by atoms with van der Waals surface area (Å²) in [4.78, 5) is 2.48. The molecule has 1 saturated heterocycles. The van der Waals surface area contributed by atoms with E-state index in [9.17, 15) is 0 Å². The van der Waals surface area contributed by atoms with Crippen LogP contribution in [0, 0.1) is 0 Å². The molecule has 0 aromatic rings. The highest BCUT2D eigenvalue weighted by Gasteiger charge is 2.05. The second-order valence-corrected chi connectivity index (χ2v) is 3.82. The molecule has 0 aromatic heterocycles. The van der Waals surface area contributed by atoms with Gasteiger partial charge in [-0.25, -0.2) is 0 Å². The zero-order valence-corrected chi connectivity index (χ0v) is 8.47. The molecule has 12 heavy (non-hydrogen) atoms. The minimum atomic E-state index is 1.26. The predicted octanol–water partition coefficient (Wildman–Crippen LogP) is 3.18. The van der Waals surface area contributed by atoms with Crippen molar-refractivity contribution in [2.24, 2.45) is 0 Å². The van der Waals surface area contributed by atoms with Crippen molar-refractivity contribution < 1.29 is 0 Å². The van der Waals surface area contributed by atoms with Crippen molar-refractivity contribution in [3.05, 3.63) is 11.8 Å². The van der Waals surface area contributed by atoms with Gasteiger partial charge in [0, 0.05) is 13.1 Å². The standard InChI is InChI=1S/C11H21N/c1-3-7-11(2)10-12-8-5-4-6-9-12/h10H,3-9H2,1-2H3. The van der Waals surface area contributed by atoms with Crippen LogP contribution in [0.5, 0.6) is 0 Å². The topological polar surface area (TPSA) is 3.24 Å². The van der Waals surface area contributed by atoms with Gasteiger partial charge in [-0.2, -0.15) is 0 Å². The molecule has 0 aromatic carbocycles. The highest BCUT2D eigenvalue weighted by atomic mass is 15.1. The lowest BCUT2D eigenvalue weighted by Crippen LogP contribution is -2.24. The van der Waals surface area contributed by atoms with Gasteiger partial charge in [0.1, 0.15) is 0 Å². The van der Waals surface area contributed by atoms with E-state index in [2.05, 4.69) is 24.9 Å². The van der Waals surface area contributed by atoms with E-state index in [-0.39, 0.29) is 0 Å².